The lowest BCUT2D eigenvalue weighted by molar-refractivity contribution is 0.0697. The molecule has 26 heavy (non-hydrogen) atoms. The van der Waals surface area contributed by atoms with Crippen LogP contribution in [0.5, 0.6) is 0 Å². The zero-order chi connectivity index (χ0) is 18.5. The largest absolute Gasteiger partial charge is 0.339 e. The summed E-state index contributed by atoms with van der Waals surface area (Å²) in [4.78, 5) is 31.0. The van der Waals surface area contributed by atoms with Gasteiger partial charge in [0, 0.05) is 31.2 Å². The number of nitrogens with zero attached hydrogens (tertiary/aromatic N) is 3. The van der Waals surface area contributed by atoms with Crippen LogP contribution in [0.2, 0.25) is 0 Å². The number of piperidine rings is 1. The van der Waals surface area contributed by atoms with Crippen LogP contribution in [0.15, 0.2) is 42.7 Å². The number of carbonyl (C=O) groups is 2. The molecule has 1 N–H and O–H groups in total. The van der Waals surface area contributed by atoms with E-state index >= 15 is 0 Å². The van der Waals surface area contributed by atoms with Gasteiger partial charge in [-0.05, 0) is 43.0 Å². The Labute approximate surface area is 152 Å². The smallest absolute Gasteiger partial charge is 0.257 e. The molecule has 1 aromatic heterocycles. The van der Waals surface area contributed by atoms with Crippen LogP contribution >= 0.6 is 0 Å². The van der Waals surface area contributed by atoms with Crippen LogP contribution in [0.25, 0.3) is 0 Å². The van der Waals surface area contributed by atoms with Crippen molar-refractivity contribution in [2.24, 2.45) is 5.92 Å². The molecule has 1 aliphatic heterocycles. The summed E-state index contributed by atoms with van der Waals surface area (Å²) in [7, 11) is 0. The van der Waals surface area contributed by atoms with Gasteiger partial charge in [0.2, 0.25) is 0 Å². The summed E-state index contributed by atoms with van der Waals surface area (Å²) in [6.45, 7) is 3.66. The maximum atomic E-state index is 12.6. The summed E-state index contributed by atoms with van der Waals surface area (Å²) >= 11 is 0. The van der Waals surface area contributed by atoms with Crippen LogP contribution in [0.3, 0.4) is 0 Å². The van der Waals surface area contributed by atoms with Crippen LogP contribution in [0, 0.1) is 17.2 Å². The molecule has 1 aromatic carbocycles. The summed E-state index contributed by atoms with van der Waals surface area (Å²) in [6, 6.07) is 10.3. The van der Waals surface area contributed by atoms with Crippen LogP contribution in [-0.2, 0) is 0 Å². The van der Waals surface area contributed by atoms with E-state index in [1.165, 1.54) is 12.4 Å². The Hall–Kier alpha value is -3.20. The van der Waals surface area contributed by atoms with Crippen molar-refractivity contribution in [1.29, 1.82) is 5.26 Å². The Bertz CT molecular complexity index is 864. The highest BCUT2D eigenvalue weighted by molar-refractivity contribution is 6.05. The average Bonchev–Trinajstić information content (AvgIpc) is 2.68. The van der Waals surface area contributed by atoms with Gasteiger partial charge in [-0.25, -0.2) is 0 Å². The first-order chi connectivity index (χ1) is 12.6. The number of likely N-dealkylation sites (tertiary alicyclic amines) is 1. The summed E-state index contributed by atoms with van der Waals surface area (Å²) in [6.07, 6.45) is 4.91. The number of rotatable bonds is 3. The second kappa shape index (κ2) is 7.79. The number of hydrogen-bond acceptors (Lipinski definition) is 4. The number of nitrogens with one attached hydrogen (secondary N) is 1. The van der Waals surface area contributed by atoms with Crippen molar-refractivity contribution >= 4 is 17.5 Å². The second-order valence-corrected chi connectivity index (χ2v) is 6.58. The first-order valence-corrected chi connectivity index (χ1v) is 8.62. The van der Waals surface area contributed by atoms with Crippen molar-refractivity contribution in [2.75, 3.05) is 18.4 Å². The molecule has 0 spiro atoms. The minimum atomic E-state index is -0.366. The molecule has 0 atom stereocenters. The Kier molecular flexibility index (Phi) is 5.28. The van der Waals surface area contributed by atoms with E-state index in [2.05, 4.69) is 17.2 Å². The van der Waals surface area contributed by atoms with E-state index in [4.69, 9.17) is 5.26 Å². The number of benzene rings is 1. The molecule has 6 heteroatoms. The zero-order valence-electron chi connectivity index (χ0n) is 14.6. The first kappa shape index (κ1) is 17.6. The number of hydrogen-bond donors (Lipinski definition) is 1. The second-order valence-electron chi connectivity index (χ2n) is 6.58. The topological polar surface area (TPSA) is 86.1 Å². The zero-order valence-corrected chi connectivity index (χ0v) is 14.6. The molecule has 0 unspecified atom stereocenters. The highest BCUT2D eigenvalue weighted by atomic mass is 16.2. The third-order valence-electron chi connectivity index (χ3n) is 4.57. The number of nitriles is 1. The number of carbonyl (C=O) groups excluding carboxylic acids is 2. The van der Waals surface area contributed by atoms with Crippen LogP contribution in [0.4, 0.5) is 5.69 Å². The SMILES string of the molecule is CC1CCN(C(=O)c2cncc(C(=O)Nc3cccc(C#N)c3)c2)CC1. The van der Waals surface area contributed by atoms with Gasteiger partial charge in [0.25, 0.3) is 11.8 Å². The fraction of sp³-hybridized carbons (Fsp3) is 0.300. The Morgan fingerprint density at radius 3 is 2.65 bits per heavy atom. The van der Waals surface area contributed by atoms with Gasteiger partial charge in [0.1, 0.15) is 0 Å². The molecule has 2 heterocycles. The van der Waals surface area contributed by atoms with Gasteiger partial charge in [-0.1, -0.05) is 13.0 Å². The van der Waals surface area contributed by atoms with Crippen LogP contribution in [-0.4, -0.2) is 34.8 Å². The molecule has 3 rings (SSSR count). The maximum Gasteiger partial charge on any atom is 0.257 e. The predicted molar refractivity (Wildman–Crippen MR) is 97.6 cm³/mol. The number of amides is 2. The molecule has 0 radical (unpaired) electrons. The lowest BCUT2D eigenvalue weighted by Crippen LogP contribution is -2.38. The lowest BCUT2D eigenvalue weighted by Gasteiger charge is -2.30. The van der Waals surface area contributed by atoms with E-state index in [0.29, 0.717) is 28.3 Å². The van der Waals surface area contributed by atoms with E-state index in [-0.39, 0.29) is 11.8 Å². The summed E-state index contributed by atoms with van der Waals surface area (Å²) in [5.74, 6) is 0.179. The van der Waals surface area contributed by atoms with Gasteiger partial charge >= 0.3 is 0 Å². The van der Waals surface area contributed by atoms with Gasteiger partial charge in [-0.3, -0.25) is 14.6 Å². The van der Waals surface area contributed by atoms with Gasteiger partial charge < -0.3 is 10.2 Å². The highest BCUT2D eigenvalue weighted by Gasteiger charge is 2.22. The molecule has 0 aliphatic carbocycles. The van der Waals surface area contributed by atoms with Crippen LogP contribution < -0.4 is 5.32 Å². The van der Waals surface area contributed by atoms with Crippen molar-refractivity contribution in [3.8, 4) is 6.07 Å². The summed E-state index contributed by atoms with van der Waals surface area (Å²) in [5, 5.41) is 11.7. The number of pyridine rings is 1. The Morgan fingerprint density at radius 2 is 1.92 bits per heavy atom. The van der Waals surface area contributed by atoms with E-state index in [0.717, 1.165) is 25.9 Å². The molecule has 1 saturated heterocycles. The van der Waals surface area contributed by atoms with Gasteiger partial charge in [0.15, 0.2) is 0 Å². The molecule has 2 amide bonds. The van der Waals surface area contributed by atoms with Crippen LogP contribution in [0.1, 0.15) is 46.0 Å². The third-order valence-corrected chi connectivity index (χ3v) is 4.57. The molecular weight excluding hydrogens is 328 g/mol. The standard InChI is InChI=1S/C20H20N4O2/c1-14-5-7-24(8-6-14)20(26)17-10-16(12-22-13-17)19(25)23-18-4-2-3-15(9-18)11-21/h2-4,9-10,12-14H,5-8H2,1H3,(H,23,25). The van der Waals surface area contributed by atoms with Gasteiger partial charge in [-0.2, -0.15) is 5.26 Å². The monoisotopic (exact) mass is 348 g/mol. The molecule has 6 nitrogen and oxygen atoms in total. The van der Waals surface area contributed by atoms with Crippen molar-refractivity contribution < 1.29 is 9.59 Å². The Morgan fingerprint density at radius 1 is 1.19 bits per heavy atom. The molecular formula is C20H20N4O2. The fourth-order valence-electron chi connectivity index (χ4n) is 2.95. The Balaban J connectivity index is 1.73. The van der Waals surface area contributed by atoms with Gasteiger partial charge in [-0.15, -0.1) is 0 Å². The molecule has 132 valence electrons. The average molecular weight is 348 g/mol. The van der Waals surface area contributed by atoms with Crippen molar-refractivity contribution in [2.45, 2.75) is 19.8 Å². The molecule has 1 fully saturated rings. The number of anilines is 1. The lowest BCUT2D eigenvalue weighted by atomic mass is 9.98. The molecule has 0 bridgehead atoms. The molecule has 1 aliphatic rings. The first-order valence-electron chi connectivity index (χ1n) is 8.62. The highest BCUT2D eigenvalue weighted by Crippen LogP contribution is 2.18. The van der Waals surface area contributed by atoms with Gasteiger partial charge in [0.05, 0.1) is 22.8 Å². The minimum absolute atomic E-state index is 0.0921. The minimum Gasteiger partial charge on any atom is -0.339 e. The number of aromatic nitrogens is 1. The van der Waals surface area contributed by atoms with E-state index in [1.54, 1.807) is 30.3 Å². The predicted octanol–water partition coefficient (Wildman–Crippen LogP) is 3.08. The maximum absolute atomic E-state index is 12.6. The van der Waals surface area contributed by atoms with Crippen molar-refractivity contribution in [1.82, 2.24) is 9.88 Å². The third kappa shape index (κ3) is 4.06. The fourth-order valence-corrected chi connectivity index (χ4v) is 2.95. The normalized spacial score (nSPS) is 14.5. The van der Waals surface area contributed by atoms with E-state index in [9.17, 15) is 9.59 Å². The molecule has 0 saturated carbocycles. The molecule has 2 aromatic rings. The van der Waals surface area contributed by atoms with Crippen molar-refractivity contribution in [3.63, 3.8) is 0 Å². The summed E-state index contributed by atoms with van der Waals surface area (Å²) < 4.78 is 0. The quantitative estimate of drug-likeness (QED) is 0.923. The van der Waals surface area contributed by atoms with Crippen molar-refractivity contribution in [3.05, 3.63) is 59.4 Å². The summed E-state index contributed by atoms with van der Waals surface area (Å²) in [5.41, 5.74) is 1.71. The van der Waals surface area contributed by atoms with E-state index < -0.39 is 0 Å². The van der Waals surface area contributed by atoms with E-state index in [1.807, 2.05) is 11.0 Å².